The summed E-state index contributed by atoms with van der Waals surface area (Å²) < 4.78 is 0. The number of hydrogen-bond acceptors (Lipinski definition) is 3. The first-order valence-corrected chi connectivity index (χ1v) is 8.55. The summed E-state index contributed by atoms with van der Waals surface area (Å²) in [6.07, 6.45) is 0.463. The third kappa shape index (κ3) is 5.86. The Kier molecular flexibility index (Phi) is 6.45. The second kappa shape index (κ2) is 8.34. The molecule has 1 aromatic heterocycles. The van der Waals surface area contributed by atoms with Crippen LogP contribution in [0.1, 0.15) is 16.9 Å². The first kappa shape index (κ1) is 17.8. The van der Waals surface area contributed by atoms with Crippen molar-refractivity contribution < 1.29 is 14.7 Å². The minimum absolute atomic E-state index is 0.156. The number of hydrogen-bond donors (Lipinski definition) is 2. The maximum atomic E-state index is 12.1. The molecule has 1 aromatic carbocycles. The van der Waals surface area contributed by atoms with Crippen LogP contribution in [-0.2, 0) is 22.4 Å². The summed E-state index contributed by atoms with van der Waals surface area (Å²) in [5, 5.41) is 14.6. The quantitative estimate of drug-likeness (QED) is 0.777. The van der Waals surface area contributed by atoms with Crippen molar-refractivity contribution in [2.45, 2.75) is 25.3 Å². The van der Waals surface area contributed by atoms with Crippen LogP contribution < -0.4 is 5.32 Å². The molecule has 0 aliphatic heterocycles. The van der Waals surface area contributed by atoms with E-state index < -0.39 is 12.0 Å². The Morgan fingerprint density at radius 2 is 2.00 bits per heavy atom. The van der Waals surface area contributed by atoms with E-state index in [2.05, 4.69) is 5.32 Å². The molecular formula is C16H15Cl2NO3S. The lowest BCUT2D eigenvalue weighted by atomic mass is 10.0. The van der Waals surface area contributed by atoms with Crippen LogP contribution in [-0.4, -0.2) is 23.0 Å². The Morgan fingerprint density at radius 3 is 2.61 bits per heavy atom. The average Bonchev–Trinajstić information content (AvgIpc) is 2.94. The fraction of sp³-hybridized carbons (Fsp3) is 0.250. The lowest BCUT2D eigenvalue weighted by Gasteiger charge is -2.17. The smallest absolute Gasteiger partial charge is 0.305 e. The maximum Gasteiger partial charge on any atom is 0.305 e. The zero-order chi connectivity index (χ0) is 16.8. The van der Waals surface area contributed by atoms with E-state index in [1.165, 1.54) is 11.3 Å². The van der Waals surface area contributed by atoms with Crippen LogP contribution in [0.5, 0.6) is 0 Å². The topological polar surface area (TPSA) is 66.4 Å². The number of carbonyl (C=O) groups is 2. The van der Waals surface area contributed by atoms with Gasteiger partial charge in [0.2, 0.25) is 5.91 Å². The second-order valence-corrected chi connectivity index (χ2v) is 6.92. The summed E-state index contributed by atoms with van der Waals surface area (Å²) in [4.78, 5) is 24.0. The highest BCUT2D eigenvalue weighted by molar-refractivity contribution is 7.10. The average molecular weight is 372 g/mol. The molecule has 1 heterocycles. The first-order valence-electron chi connectivity index (χ1n) is 6.91. The van der Waals surface area contributed by atoms with E-state index in [1.807, 2.05) is 17.5 Å². The molecule has 1 atom stereocenters. The molecule has 0 unspecified atom stereocenters. The van der Waals surface area contributed by atoms with Gasteiger partial charge in [-0.3, -0.25) is 9.59 Å². The van der Waals surface area contributed by atoms with E-state index in [9.17, 15) is 9.59 Å². The number of carboxylic acids is 1. The highest BCUT2D eigenvalue weighted by Crippen LogP contribution is 2.23. The standard InChI is InChI=1S/C16H15Cl2NO3S/c17-13-4-3-10(7-14(13)18)6-11(8-16(21)22)19-15(20)9-12-2-1-5-23-12/h1-5,7,11H,6,8-9H2,(H,19,20)(H,21,22)/t11-/m0/s1. The molecule has 7 heteroatoms. The van der Waals surface area contributed by atoms with Gasteiger partial charge in [0.1, 0.15) is 0 Å². The molecule has 0 spiro atoms. The van der Waals surface area contributed by atoms with Crippen molar-refractivity contribution in [3.05, 3.63) is 56.2 Å². The van der Waals surface area contributed by atoms with Crippen molar-refractivity contribution in [1.29, 1.82) is 0 Å². The number of nitrogens with one attached hydrogen (secondary N) is 1. The van der Waals surface area contributed by atoms with Crippen molar-refractivity contribution in [2.75, 3.05) is 0 Å². The number of amides is 1. The van der Waals surface area contributed by atoms with Crippen LogP contribution in [0.15, 0.2) is 35.7 Å². The van der Waals surface area contributed by atoms with Gasteiger partial charge in [-0.25, -0.2) is 0 Å². The summed E-state index contributed by atoms with van der Waals surface area (Å²) in [6.45, 7) is 0. The van der Waals surface area contributed by atoms with Crippen LogP contribution in [0.3, 0.4) is 0 Å². The third-order valence-corrected chi connectivity index (χ3v) is 4.78. The number of thiophene rings is 1. The third-order valence-electron chi connectivity index (χ3n) is 3.17. The fourth-order valence-electron chi connectivity index (χ4n) is 2.19. The van der Waals surface area contributed by atoms with E-state index >= 15 is 0 Å². The van der Waals surface area contributed by atoms with Gasteiger partial charge in [0, 0.05) is 10.9 Å². The Hall–Kier alpha value is -1.56. The minimum Gasteiger partial charge on any atom is -0.481 e. The van der Waals surface area contributed by atoms with Gasteiger partial charge >= 0.3 is 5.97 Å². The summed E-state index contributed by atoms with van der Waals surface area (Å²) in [5.41, 5.74) is 0.821. The number of rotatable bonds is 7. The van der Waals surface area contributed by atoms with Gasteiger partial charge in [0.05, 0.1) is 22.9 Å². The summed E-state index contributed by atoms with van der Waals surface area (Å²) in [6, 6.07) is 8.35. The summed E-state index contributed by atoms with van der Waals surface area (Å²) in [7, 11) is 0. The largest absolute Gasteiger partial charge is 0.481 e. The monoisotopic (exact) mass is 371 g/mol. The number of carboxylic acid groups (broad SMARTS) is 1. The van der Waals surface area contributed by atoms with E-state index in [-0.39, 0.29) is 18.7 Å². The molecule has 4 nitrogen and oxygen atoms in total. The molecule has 0 saturated heterocycles. The molecule has 2 N–H and O–H groups in total. The number of carbonyl (C=O) groups excluding carboxylic acids is 1. The van der Waals surface area contributed by atoms with Crippen LogP contribution in [0, 0.1) is 0 Å². The van der Waals surface area contributed by atoms with E-state index in [0.29, 0.717) is 16.5 Å². The molecular weight excluding hydrogens is 357 g/mol. The number of halogens is 2. The van der Waals surface area contributed by atoms with Crippen molar-refractivity contribution in [3.8, 4) is 0 Å². The van der Waals surface area contributed by atoms with Crippen LogP contribution in [0.2, 0.25) is 10.0 Å². The highest BCUT2D eigenvalue weighted by atomic mass is 35.5. The van der Waals surface area contributed by atoms with Gasteiger partial charge in [-0.1, -0.05) is 35.3 Å². The Balaban J connectivity index is 2.02. The molecule has 2 rings (SSSR count). The van der Waals surface area contributed by atoms with E-state index in [4.69, 9.17) is 28.3 Å². The molecule has 0 aliphatic rings. The molecule has 122 valence electrons. The van der Waals surface area contributed by atoms with Crippen LogP contribution in [0.25, 0.3) is 0 Å². The van der Waals surface area contributed by atoms with Gasteiger partial charge in [-0.15, -0.1) is 11.3 Å². The molecule has 0 saturated carbocycles. The van der Waals surface area contributed by atoms with Crippen molar-refractivity contribution in [3.63, 3.8) is 0 Å². The predicted molar refractivity (Wildman–Crippen MR) is 92.4 cm³/mol. The van der Waals surface area contributed by atoms with Crippen LogP contribution >= 0.6 is 34.5 Å². The summed E-state index contributed by atoms with van der Waals surface area (Å²) >= 11 is 13.3. The Morgan fingerprint density at radius 1 is 1.22 bits per heavy atom. The summed E-state index contributed by atoms with van der Waals surface area (Å²) in [5.74, 6) is -1.16. The van der Waals surface area contributed by atoms with Gasteiger partial charge < -0.3 is 10.4 Å². The SMILES string of the molecule is O=C(O)C[C@H](Cc1ccc(Cl)c(Cl)c1)NC(=O)Cc1cccs1. The van der Waals surface area contributed by atoms with E-state index in [0.717, 1.165) is 10.4 Å². The Labute approximate surface area is 148 Å². The fourth-order valence-corrected chi connectivity index (χ4v) is 3.21. The number of benzene rings is 1. The number of aliphatic carboxylic acids is 1. The molecule has 23 heavy (non-hydrogen) atoms. The first-order chi connectivity index (χ1) is 10.9. The Bertz CT molecular complexity index is 689. The van der Waals surface area contributed by atoms with Gasteiger partial charge in [0.25, 0.3) is 0 Å². The van der Waals surface area contributed by atoms with Crippen molar-refractivity contribution >= 4 is 46.4 Å². The normalized spacial score (nSPS) is 11.9. The molecule has 0 aliphatic carbocycles. The predicted octanol–water partition coefficient (Wildman–Crippen LogP) is 3.80. The van der Waals surface area contributed by atoms with E-state index in [1.54, 1.807) is 18.2 Å². The molecule has 0 bridgehead atoms. The van der Waals surface area contributed by atoms with Gasteiger partial charge in [0.15, 0.2) is 0 Å². The lowest BCUT2D eigenvalue weighted by Crippen LogP contribution is -2.38. The molecule has 0 radical (unpaired) electrons. The molecule has 1 amide bonds. The molecule has 0 fully saturated rings. The zero-order valence-corrected chi connectivity index (χ0v) is 14.4. The van der Waals surface area contributed by atoms with Gasteiger partial charge in [-0.2, -0.15) is 0 Å². The van der Waals surface area contributed by atoms with Crippen molar-refractivity contribution in [2.24, 2.45) is 0 Å². The van der Waals surface area contributed by atoms with Crippen molar-refractivity contribution in [1.82, 2.24) is 5.32 Å². The lowest BCUT2D eigenvalue weighted by molar-refractivity contribution is -0.137. The maximum absolute atomic E-state index is 12.1. The van der Waals surface area contributed by atoms with Gasteiger partial charge in [-0.05, 0) is 35.6 Å². The minimum atomic E-state index is -0.966. The highest BCUT2D eigenvalue weighted by Gasteiger charge is 2.17. The second-order valence-electron chi connectivity index (χ2n) is 5.07. The van der Waals surface area contributed by atoms with Crippen LogP contribution in [0.4, 0.5) is 0 Å². The zero-order valence-electron chi connectivity index (χ0n) is 12.1. The molecule has 2 aromatic rings.